The highest BCUT2D eigenvalue weighted by Gasteiger charge is 2.41. The summed E-state index contributed by atoms with van der Waals surface area (Å²) in [5.74, 6) is -1.69. The second-order valence-corrected chi connectivity index (χ2v) is 10.5. The van der Waals surface area contributed by atoms with Crippen molar-refractivity contribution in [3.8, 4) is 0 Å². The first-order chi connectivity index (χ1) is 17.1. The lowest BCUT2D eigenvalue weighted by Gasteiger charge is -2.34. The summed E-state index contributed by atoms with van der Waals surface area (Å²) in [5.41, 5.74) is 4.99. The zero-order chi connectivity index (χ0) is 26.7. The Kier molecular flexibility index (Phi) is 12.2. The fourth-order valence-corrected chi connectivity index (χ4v) is 4.96. The Hall–Kier alpha value is -2.65. The lowest BCUT2D eigenvalue weighted by Crippen LogP contribution is -2.58. The molecular weight excluding hydrogens is 462 g/mol. The zero-order valence-electron chi connectivity index (χ0n) is 22.1. The first kappa shape index (κ1) is 29.6. The average Bonchev–Trinajstić information content (AvgIpc) is 3.35. The first-order valence-corrected chi connectivity index (χ1v) is 13.6. The van der Waals surface area contributed by atoms with Gasteiger partial charge in [-0.15, -0.1) is 0 Å². The number of Topliss-reactive ketones (excluding diaryl/α,β-unsaturated/α-hetero) is 1. The fraction of sp³-hybridized carbons (Fsp3) is 0.808. The number of primary amides is 1. The van der Waals surface area contributed by atoms with Gasteiger partial charge in [0.1, 0.15) is 12.1 Å². The Morgan fingerprint density at radius 1 is 0.917 bits per heavy atom. The van der Waals surface area contributed by atoms with Crippen molar-refractivity contribution >= 4 is 29.5 Å². The van der Waals surface area contributed by atoms with Crippen molar-refractivity contribution in [2.24, 2.45) is 17.6 Å². The number of nitrogens with one attached hydrogen (secondary N) is 3. The van der Waals surface area contributed by atoms with Gasteiger partial charge in [-0.25, -0.2) is 4.79 Å². The summed E-state index contributed by atoms with van der Waals surface area (Å²) < 4.78 is 0. The van der Waals surface area contributed by atoms with Crippen molar-refractivity contribution in [2.75, 3.05) is 13.1 Å². The van der Waals surface area contributed by atoms with Crippen LogP contribution >= 0.6 is 0 Å². The van der Waals surface area contributed by atoms with Gasteiger partial charge < -0.3 is 26.6 Å². The van der Waals surface area contributed by atoms with Crippen LogP contribution in [0.3, 0.4) is 0 Å². The smallest absolute Gasteiger partial charge is 0.315 e. The molecule has 1 heterocycles. The van der Waals surface area contributed by atoms with Crippen molar-refractivity contribution < 1.29 is 24.0 Å². The lowest BCUT2D eigenvalue weighted by molar-refractivity contribution is -0.142. The Morgan fingerprint density at radius 2 is 1.56 bits per heavy atom. The molecule has 0 aromatic rings. The molecule has 2 saturated carbocycles. The lowest BCUT2D eigenvalue weighted by atomic mass is 9.83. The number of hydrogen-bond acceptors (Lipinski definition) is 5. The van der Waals surface area contributed by atoms with Gasteiger partial charge in [0.15, 0.2) is 0 Å². The average molecular weight is 508 g/mol. The van der Waals surface area contributed by atoms with E-state index in [1.807, 2.05) is 6.92 Å². The molecule has 10 heteroatoms. The minimum atomic E-state index is -1.12. The molecule has 0 aromatic heterocycles. The Labute approximate surface area is 214 Å². The van der Waals surface area contributed by atoms with Crippen molar-refractivity contribution in [1.82, 2.24) is 20.9 Å². The number of likely N-dealkylation sites (tertiary alicyclic amines) is 1. The monoisotopic (exact) mass is 507 g/mol. The molecule has 3 aliphatic rings. The number of carbonyl (C=O) groups excluding carboxylic acids is 5. The summed E-state index contributed by atoms with van der Waals surface area (Å²) >= 11 is 0. The number of carbonyl (C=O) groups is 5. The van der Waals surface area contributed by atoms with Crippen LogP contribution in [-0.2, 0) is 19.2 Å². The summed E-state index contributed by atoms with van der Waals surface area (Å²) in [6.07, 6.45) is 11.1. The number of rotatable bonds is 9. The maximum absolute atomic E-state index is 13.5. The Balaban J connectivity index is 0.000000809. The van der Waals surface area contributed by atoms with Gasteiger partial charge in [0.05, 0.1) is 6.04 Å². The van der Waals surface area contributed by atoms with E-state index in [0.29, 0.717) is 25.9 Å². The molecule has 3 rings (SSSR count). The van der Waals surface area contributed by atoms with Gasteiger partial charge in [0.2, 0.25) is 17.6 Å². The molecule has 10 nitrogen and oxygen atoms in total. The van der Waals surface area contributed by atoms with Gasteiger partial charge in [-0.05, 0) is 50.9 Å². The van der Waals surface area contributed by atoms with Crippen LogP contribution in [0.5, 0.6) is 0 Å². The molecule has 1 aliphatic heterocycles. The third-order valence-corrected chi connectivity index (χ3v) is 7.44. The van der Waals surface area contributed by atoms with Crippen LogP contribution in [0.4, 0.5) is 4.79 Å². The van der Waals surface area contributed by atoms with E-state index < -0.39 is 35.7 Å². The van der Waals surface area contributed by atoms with Gasteiger partial charge in [-0.1, -0.05) is 52.4 Å². The molecule has 0 radical (unpaired) electrons. The fourth-order valence-electron chi connectivity index (χ4n) is 4.96. The summed E-state index contributed by atoms with van der Waals surface area (Å²) in [7, 11) is 0. The molecule has 0 aromatic carbocycles. The molecule has 204 valence electrons. The molecule has 5 N–H and O–H groups in total. The van der Waals surface area contributed by atoms with Crippen LogP contribution in [0.25, 0.3) is 0 Å². The van der Waals surface area contributed by atoms with Crippen LogP contribution in [0, 0.1) is 11.8 Å². The molecule has 5 amide bonds. The van der Waals surface area contributed by atoms with Crippen LogP contribution in [0.2, 0.25) is 0 Å². The number of nitrogens with two attached hydrogens (primary N) is 1. The van der Waals surface area contributed by atoms with E-state index >= 15 is 0 Å². The van der Waals surface area contributed by atoms with Gasteiger partial charge >= 0.3 is 6.03 Å². The third-order valence-electron chi connectivity index (χ3n) is 7.44. The number of hydrogen-bond donors (Lipinski definition) is 4. The quantitative estimate of drug-likeness (QED) is 0.352. The maximum Gasteiger partial charge on any atom is 0.315 e. The Morgan fingerprint density at radius 3 is 2.08 bits per heavy atom. The third kappa shape index (κ3) is 8.78. The molecule has 36 heavy (non-hydrogen) atoms. The van der Waals surface area contributed by atoms with Crippen molar-refractivity contribution in [3.05, 3.63) is 0 Å². The van der Waals surface area contributed by atoms with Crippen LogP contribution < -0.4 is 21.7 Å². The number of nitrogens with zero attached hydrogens (tertiary/aromatic N) is 1. The van der Waals surface area contributed by atoms with E-state index in [2.05, 4.69) is 22.9 Å². The normalized spacial score (nSPS) is 21.8. The van der Waals surface area contributed by atoms with Crippen LogP contribution in [0.1, 0.15) is 91.4 Å². The standard InChI is InChI=1S/C21H35N5O5.C5H10/c1-3-11-23-21(31)25-16(14-8-5-4-6-9-14)20(30)26-12-7-10-15(26)19(29)24-13(2)17(27)18(22)28;1-5-3-2-4-5/h13-16H,3-12H2,1-2H3,(H2,22,28)(H,24,29)(H2,23,25,31);5H,2-4H2,1H3. The highest BCUT2D eigenvalue weighted by Crippen LogP contribution is 2.29. The topological polar surface area (TPSA) is 151 Å². The number of urea groups is 1. The summed E-state index contributed by atoms with van der Waals surface area (Å²) in [6, 6.07) is -2.89. The zero-order valence-corrected chi connectivity index (χ0v) is 22.1. The predicted octanol–water partition coefficient (Wildman–Crippen LogP) is 2.00. The van der Waals surface area contributed by atoms with Gasteiger partial charge in [-0.2, -0.15) is 0 Å². The van der Waals surface area contributed by atoms with Gasteiger partial charge in [0.25, 0.3) is 5.91 Å². The first-order valence-electron chi connectivity index (χ1n) is 13.6. The summed E-state index contributed by atoms with van der Waals surface area (Å²) in [5, 5.41) is 8.08. The van der Waals surface area contributed by atoms with E-state index in [1.165, 1.54) is 31.1 Å². The van der Waals surface area contributed by atoms with E-state index in [0.717, 1.165) is 44.4 Å². The van der Waals surface area contributed by atoms with Crippen molar-refractivity contribution in [3.63, 3.8) is 0 Å². The second kappa shape index (κ2) is 14.8. The van der Waals surface area contributed by atoms with Gasteiger partial charge in [-0.3, -0.25) is 19.2 Å². The molecule has 2 aliphatic carbocycles. The summed E-state index contributed by atoms with van der Waals surface area (Å²) in [6.45, 7) is 6.55. The molecule has 3 unspecified atom stereocenters. The van der Waals surface area contributed by atoms with E-state index in [4.69, 9.17) is 5.73 Å². The molecule has 1 saturated heterocycles. The highest BCUT2D eigenvalue weighted by molar-refractivity contribution is 6.37. The minimum Gasteiger partial charge on any atom is -0.363 e. The van der Waals surface area contributed by atoms with Crippen molar-refractivity contribution in [1.29, 1.82) is 0 Å². The number of ketones is 1. The number of amides is 5. The summed E-state index contributed by atoms with van der Waals surface area (Å²) in [4.78, 5) is 62.8. The maximum atomic E-state index is 13.5. The van der Waals surface area contributed by atoms with Gasteiger partial charge in [0, 0.05) is 13.1 Å². The molecule has 3 fully saturated rings. The predicted molar refractivity (Wildman–Crippen MR) is 137 cm³/mol. The minimum absolute atomic E-state index is 0.0216. The highest BCUT2D eigenvalue weighted by atomic mass is 16.2. The molecular formula is C26H45N5O5. The molecule has 3 atom stereocenters. The van der Waals surface area contributed by atoms with Crippen LogP contribution in [-0.4, -0.2) is 65.7 Å². The second-order valence-electron chi connectivity index (χ2n) is 10.5. The SMILES string of the molecule is CC1CCC1.CCCNC(=O)NC(C(=O)N1CCCC1C(=O)NC(C)C(=O)C(N)=O)C1CCCCC1. The van der Waals surface area contributed by atoms with E-state index in [1.54, 1.807) is 0 Å². The van der Waals surface area contributed by atoms with Crippen LogP contribution in [0.15, 0.2) is 0 Å². The molecule has 0 spiro atoms. The Bertz CT molecular complexity index is 779. The van der Waals surface area contributed by atoms with E-state index in [-0.39, 0.29) is 17.9 Å². The van der Waals surface area contributed by atoms with Crippen molar-refractivity contribution in [2.45, 2.75) is 110 Å². The largest absolute Gasteiger partial charge is 0.363 e. The molecule has 0 bridgehead atoms. The van der Waals surface area contributed by atoms with E-state index in [9.17, 15) is 24.0 Å².